The summed E-state index contributed by atoms with van der Waals surface area (Å²) in [6.07, 6.45) is 3.89. The van der Waals surface area contributed by atoms with Gasteiger partial charge in [-0.3, -0.25) is 9.59 Å². The highest BCUT2D eigenvalue weighted by Gasteiger charge is 2.27. The lowest BCUT2D eigenvalue weighted by Crippen LogP contribution is -2.45. The third kappa shape index (κ3) is 3.65. The molecule has 3 rings (SSSR count). The second-order valence-electron chi connectivity index (χ2n) is 5.45. The molecule has 3 heterocycles. The van der Waals surface area contributed by atoms with Gasteiger partial charge in [-0.1, -0.05) is 0 Å². The number of morpholine rings is 1. The number of rotatable bonds is 4. The molecule has 1 saturated heterocycles. The number of aromatic amines is 1. The smallest absolute Gasteiger partial charge is 0.291 e. The molecule has 8 heteroatoms. The van der Waals surface area contributed by atoms with Crippen molar-refractivity contribution in [2.24, 2.45) is 0 Å². The van der Waals surface area contributed by atoms with E-state index in [-0.39, 0.29) is 23.3 Å². The van der Waals surface area contributed by atoms with E-state index in [2.05, 4.69) is 15.0 Å². The Morgan fingerprint density at radius 2 is 2.35 bits per heavy atom. The topological polar surface area (TPSA) is 101 Å². The number of carbonyl (C=O) groups excluding carboxylic acids is 1. The van der Waals surface area contributed by atoms with Gasteiger partial charge in [-0.15, -0.1) is 0 Å². The quantitative estimate of drug-likeness (QED) is 0.883. The summed E-state index contributed by atoms with van der Waals surface area (Å²) in [6, 6.07) is 1.48. The maximum atomic E-state index is 12.4. The van der Waals surface area contributed by atoms with Crippen LogP contribution in [-0.4, -0.2) is 51.6 Å². The second-order valence-corrected chi connectivity index (χ2v) is 5.45. The van der Waals surface area contributed by atoms with Crippen LogP contribution in [0, 0.1) is 6.92 Å². The summed E-state index contributed by atoms with van der Waals surface area (Å²) in [4.78, 5) is 35.9. The van der Waals surface area contributed by atoms with E-state index in [1.807, 2.05) is 0 Å². The fourth-order valence-electron chi connectivity index (χ4n) is 2.58. The number of aryl methyl sites for hydroxylation is 2. The number of aromatic nitrogens is 3. The van der Waals surface area contributed by atoms with Crippen LogP contribution in [0.5, 0.6) is 0 Å². The number of ether oxygens (including phenoxy) is 1. The highest BCUT2D eigenvalue weighted by molar-refractivity contribution is 5.92. The average molecular weight is 318 g/mol. The Hall–Kier alpha value is -2.48. The van der Waals surface area contributed by atoms with Gasteiger partial charge in [0.25, 0.3) is 11.5 Å². The molecule has 1 N–H and O–H groups in total. The summed E-state index contributed by atoms with van der Waals surface area (Å²) < 4.78 is 10.9. The molecule has 0 unspecified atom stereocenters. The maximum Gasteiger partial charge on any atom is 0.291 e. The molecule has 1 fully saturated rings. The van der Waals surface area contributed by atoms with Crippen molar-refractivity contribution in [2.75, 3.05) is 19.7 Å². The first-order chi connectivity index (χ1) is 11.1. The first-order valence-corrected chi connectivity index (χ1v) is 7.48. The molecular weight excluding hydrogens is 300 g/mol. The molecule has 122 valence electrons. The van der Waals surface area contributed by atoms with E-state index >= 15 is 0 Å². The van der Waals surface area contributed by atoms with Gasteiger partial charge in [0.05, 0.1) is 24.7 Å². The first-order valence-electron chi connectivity index (χ1n) is 7.48. The monoisotopic (exact) mass is 318 g/mol. The summed E-state index contributed by atoms with van der Waals surface area (Å²) in [5, 5.41) is 0. The zero-order valence-electron chi connectivity index (χ0n) is 12.8. The van der Waals surface area contributed by atoms with Gasteiger partial charge in [-0.25, -0.2) is 9.97 Å². The van der Waals surface area contributed by atoms with E-state index in [0.29, 0.717) is 43.9 Å². The second kappa shape index (κ2) is 6.74. The van der Waals surface area contributed by atoms with Crippen molar-refractivity contribution < 1.29 is 13.9 Å². The molecule has 2 aromatic rings. The van der Waals surface area contributed by atoms with Crippen LogP contribution in [0.3, 0.4) is 0 Å². The Balaban J connectivity index is 1.59. The number of oxazole rings is 1. The molecule has 1 aliphatic heterocycles. The lowest BCUT2D eigenvalue weighted by molar-refractivity contribution is -0.0256. The van der Waals surface area contributed by atoms with Crippen LogP contribution in [0.1, 0.15) is 28.4 Å². The largest absolute Gasteiger partial charge is 0.438 e. The Morgan fingerprint density at radius 3 is 3.09 bits per heavy atom. The van der Waals surface area contributed by atoms with Gasteiger partial charge in [-0.05, 0) is 19.8 Å². The zero-order valence-corrected chi connectivity index (χ0v) is 12.8. The van der Waals surface area contributed by atoms with E-state index in [4.69, 9.17) is 9.15 Å². The summed E-state index contributed by atoms with van der Waals surface area (Å²) >= 11 is 0. The fraction of sp³-hybridized carbons (Fsp3) is 0.467. The van der Waals surface area contributed by atoms with Crippen LogP contribution in [0.25, 0.3) is 0 Å². The van der Waals surface area contributed by atoms with Crippen molar-refractivity contribution in [3.05, 3.63) is 46.3 Å². The molecule has 8 nitrogen and oxygen atoms in total. The van der Waals surface area contributed by atoms with Gasteiger partial charge in [0, 0.05) is 24.8 Å². The highest BCUT2D eigenvalue weighted by Crippen LogP contribution is 2.15. The molecule has 1 aliphatic rings. The number of H-pyrrole nitrogens is 1. The van der Waals surface area contributed by atoms with E-state index in [9.17, 15) is 9.59 Å². The first kappa shape index (κ1) is 15.4. The van der Waals surface area contributed by atoms with Crippen molar-refractivity contribution in [3.8, 4) is 0 Å². The van der Waals surface area contributed by atoms with Crippen molar-refractivity contribution in [2.45, 2.75) is 25.9 Å². The van der Waals surface area contributed by atoms with Crippen molar-refractivity contribution >= 4 is 5.91 Å². The molecule has 1 atom stereocenters. The van der Waals surface area contributed by atoms with Gasteiger partial charge < -0.3 is 19.0 Å². The Bertz CT molecular complexity index is 739. The fourth-order valence-corrected chi connectivity index (χ4v) is 2.58. The van der Waals surface area contributed by atoms with Crippen molar-refractivity contribution in [3.63, 3.8) is 0 Å². The molecule has 0 bridgehead atoms. The van der Waals surface area contributed by atoms with Crippen molar-refractivity contribution in [1.29, 1.82) is 0 Å². The Kier molecular flexibility index (Phi) is 4.52. The van der Waals surface area contributed by atoms with Gasteiger partial charge >= 0.3 is 0 Å². The predicted octanol–water partition coefficient (Wildman–Crippen LogP) is 0.540. The Morgan fingerprint density at radius 1 is 1.48 bits per heavy atom. The van der Waals surface area contributed by atoms with E-state index in [1.165, 1.54) is 18.8 Å². The molecule has 0 saturated carbocycles. The van der Waals surface area contributed by atoms with E-state index in [1.54, 1.807) is 11.8 Å². The molecule has 23 heavy (non-hydrogen) atoms. The van der Waals surface area contributed by atoms with Gasteiger partial charge in [0.15, 0.2) is 6.39 Å². The summed E-state index contributed by atoms with van der Waals surface area (Å²) in [7, 11) is 0. The summed E-state index contributed by atoms with van der Waals surface area (Å²) in [5.41, 5.74) is 1.13. The number of nitrogens with zero attached hydrogens (tertiary/aromatic N) is 3. The highest BCUT2D eigenvalue weighted by atomic mass is 16.5. The number of carbonyl (C=O) groups is 1. The standard InChI is InChI=1S/C15H18N4O4/c1-10-14(23-9-18-10)15(21)19-4-5-22-12(7-19)3-2-11-6-13(20)17-8-16-11/h6,8-9,12H,2-5,7H2,1H3,(H,16,17,20)/t12-/m0/s1. The molecular formula is C15H18N4O4. The third-order valence-corrected chi connectivity index (χ3v) is 3.82. The van der Waals surface area contributed by atoms with Crippen LogP contribution in [0.4, 0.5) is 0 Å². The Labute approximate surface area is 132 Å². The molecule has 0 radical (unpaired) electrons. The van der Waals surface area contributed by atoms with Crippen LogP contribution < -0.4 is 5.56 Å². The lowest BCUT2D eigenvalue weighted by atomic mass is 10.1. The number of hydrogen-bond donors (Lipinski definition) is 1. The number of hydrogen-bond acceptors (Lipinski definition) is 6. The maximum absolute atomic E-state index is 12.4. The molecule has 2 aromatic heterocycles. The molecule has 0 aliphatic carbocycles. The van der Waals surface area contributed by atoms with E-state index < -0.39 is 0 Å². The normalized spacial score (nSPS) is 18.1. The summed E-state index contributed by atoms with van der Waals surface area (Å²) in [6.45, 7) is 3.24. The molecule has 0 spiro atoms. The predicted molar refractivity (Wildman–Crippen MR) is 80.1 cm³/mol. The van der Waals surface area contributed by atoms with Crippen molar-refractivity contribution in [1.82, 2.24) is 19.9 Å². The number of nitrogens with one attached hydrogen (secondary N) is 1. The molecule has 1 amide bonds. The van der Waals surface area contributed by atoms with Crippen LogP contribution in [-0.2, 0) is 11.2 Å². The SMILES string of the molecule is Cc1ncoc1C(=O)N1CCO[C@@H](CCc2cc(=O)[nH]cn2)C1. The average Bonchev–Trinajstić information content (AvgIpc) is 2.99. The molecule has 0 aromatic carbocycles. The van der Waals surface area contributed by atoms with Crippen LogP contribution in [0.15, 0.2) is 28.0 Å². The number of amides is 1. The van der Waals surface area contributed by atoms with Gasteiger partial charge in [0.2, 0.25) is 5.76 Å². The lowest BCUT2D eigenvalue weighted by Gasteiger charge is -2.32. The summed E-state index contributed by atoms with van der Waals surface area (Å²) in [5.74, 6) is 0.115. The minimum Gasteiger partial charge on any atom is -0.438 e. The minimum absolute atomic E-state index is 0.0861. The van der Waals surface area contributed by atoms with Crippen LogP contribution >= 0.6 is 0 Å². The van der Waals surface area contributed by atoms with Gasteiger partial charge in [0.1, 0.15) is 0 Å². The van der Waals surface area contributed by atoms with Crippen LogP contribution in [0.2, 0.25) is 0 Å². The third-order valence-electron chi connectivity index (χ3n) is 3.82. The zero-order chi connectivity index (χ0) is 16.2. The van der Waals surface area contributed by atoms with E-state index in [0.717, 1.165) is 0 Å². The minimum atomic E-state index is -0.169. The van der Waals surface area contributed by atoms with Gasteiger partial charge in [-0.2, -0.15) is 0 Å².